The standard InChI is InChI=1S/C15H18ClN5O3S/c1-25(23,24)18-9-14-20-19-13-7-6-12(21(13)14)15(22)17-8-10-2-4-11(16)5-3-10/h2-5,12H,6-9H2,1H3,(H2-,17,18,22,23,24). The van der Waals surface area contributed by atoms with Crippen LogP contribution in [0.1, 0.15) is 29.7 Å². The van der Waals surface area contributed by atoms with Crippen LogP contribution in [0.15, 0.2) is 24.3 Å². The second kappa shape index (κ2) is 7.20. The molecule has 8 nitrogen and oxygen atoms in total. The lowest BCUT2D eigenvalue weighted by atomic mass is 10.2. The Morgan fingerprint density at radius 1 is 1.36 bits per heavy atom. The highest BCUT2D eigenvalue weighted by Crippen LogP contribution is 2.26. The molecule has 2 unspecified atom stereocenters. The summed E-state index contributed by atoms with van der Waals surface area (Å²) in [5, 5.41) is 11.6. The molecule has 0 bridgehead atoms. The summed E-state index contributed by atoms with van der Waals surface area (Å²) in [6, 6.07) is 6.80. The molecular weight excluding hydrogens is 366 g/mol. The van der Waals surface area contributed by atoms with Gasteiger partial charge in [0.25, 0.3) is 0 Å². The second-order valence-corrected chi connectivity index (χ2v) is 8.16. The van der Waals surface area contributed by atoms with E-state index in [9.17, 15) is 13.6 Å². The van der Waals surface area contributed by atoms with E-state index in [1.807, 2.05) is 12.1 Å². The maximum absolute atomic E-state index is 12.5. The van der Waals surface area contributed by atoms with Crippen molar-refractivity contribution in [2.45, 2.75) is 32.0 Å². The molecule has 2 aromatic rings. The smallest absolute Gasteiger partial charge is 0.243 e. The molecule has 1 aliphatic heterocycles. The topological polar surface area (TPSA) is 112 Å². The van der Waals surface area contributed by atoms with Crippen LogP contribution >= 0.6 is 11.6 Å². The lowest BCUT2D eigenvalue weighted by Crippen LogP contribution is -2.33. The van der Waals surface area contributed by atoms with Crippen LogP contribution in [0, 0.1) is 0 Å². The van der Waals surface area contributed by atoms with Gasteiger partial charge in [-0.25, -0.2) is 0 Å². The number of halogens is 1. The second-order valence-electron chi connectivity index (χ2n) is 5.89. The monoisotopic (exact) mass is 383 g/mol. The van der Waals surface area contributed by atoms with Crippen LogP contribution < -0.4 is 10.0 Å². The number of fused-ring (bicyclic) bond motifs is 1. The van der Waals surface area contributed by atoms with E-state index in [1.54, 1.807) is 16.7 Å². The Kier molecular flexibility index (Phi) is 5.19. The number of nitrogens with one attached hydrogen (secondary N) is 2. The first-order chi connectivity index (χ1) is 11.8. The Balaban J connectivity index is 1.66. The molecule has 1 aromatic heterocycles. The third-order valence-corrected chi connectivity index (χ3v) is 4.89. The number of hydrogen-bond acceptors (Lipinski definition) is 5. The lowest BCUT2D eigenvalue weighted by Gasteiger charge is -2.16. The fourth-order valence-electron chi connectivity index (χ4n) is 2.76. The fraction of sp³-hybridized carbons (Fsp3) is 0.400. The Morgan fingerprint density at radius 3 is 2.76 bits per heavy atom. The molecule has 0 aliphatic carbocycles. The molecule has 0 fully saturated rings. The van der Waals surface area contributed by atoms with E-state index in [-0.39, 0.29) is 12.5 Å². The summed E-state index contributed by atoms with van der Waals surface area (Å²) < 4.78 is 26.6. The zero-order valence-electron chi connectivity index (χ0n) is 13.6. The number of aromatic nitrogens is 3. The predicted octanol–water partition coefficient (Wildman–Crippen LogP) is 0.999. The van der Waals surface area contributed by atoms with Gasteiger partial charge in [0, 0.05) is 18.0 Å². The van der Waals surface area contributed by atoms with Gasteiger partial charge in [-0.05, 0) is 24.1 Å². The highest BCUT2D eigenvalue weighted by molar-refractivity contribution is 7.95. The zero-order chi connectivity index (χ0) is 18.0. The van der Waals surface area contributed by atoms with Gasteiger partial charge >= 0.3 is 0 Å². The van der Waals surface area contributed by atoms with E-state index in [4.69, 9.17) is 11.6 Å². The molecule has 1 aromatic carbocycles. The van der Waals surface area contributed by atoms with Crippen LogP contribution in [0.5, 0.6) is 0 Å². The van der Waals surface area contributed by atoms with Crippen molar-refractivity contribution in [3.8, 4) is 0 Å². The Bertz CT molecular complexity index is 817. The summed E-state index contributed by atoms with van der Waals surface area (Å²) in [7, 11) is -3.35. The molecule has 1 aliphatic rings. The molecular formula is C15H18ClN5O3S. The molecule has 2 heterocycles. The molecule has 0 radical (unpaired) electrons. The van der Waals surface area contributed by atoms with Gasteiger partial charge < -0.3 is 14.4 Å². The molecule has 0 saturated heterocycles. The van der Waals surface area contributed by atoms with Gasteiger partial charge in [0.1, 0.15) is 35.1 Å². The van der Waals surface area contributed by atoms with Crippen molar-refractivity contribution < 1.29 is 13.6 Å². The average molecular weight is 384 g/mol. The van der Waals surface area contributed by atoms with Crippen LogP contribution in [-0.2, 0) is 38.9 Å². The summed E-state index contributed by atoms with van der Waals surface area (Å²) in [6.45, 7) is 0.397. The number of sulfonamides is 1. The predicted molar refractivity (Wildman–Crippen MR) is 92.3 cm³/mol. The van der Waals surface area contributed by atoms with Crippen LogP contribution in [0.2, 0.25) is 5.02 Å². The van der Waals surface area contributed by atoms with Crippen LogP contribution in [0.25, 0.3) is 0 Å². The highest BCUT2D eigenvalue weighted by atomic mass is 35.5. The molecule has 0 saturated carbocycles. The Labute approximate surface area is 151 Å². The van der Waals surface area contributed by atoms with Gasteiger partial charge in [0.2, 0.25) is 5.91 Å². The van der Waals surface area contributed by atoms with E-state index < -0.39 is 16.4 Å². The van der Waals surface area contributed by atoms with Crippen molar-refractivity contribution in [2.24, 2.45) is 0 Å². The molecule has 2 atom stereocenters. The Morgan fingerprint density at radius 2 is 2.08 bits per heavy atom. The number of nitrogens with zero attached hydrogens (tertiary/aromatic N) is 3. The molecule has 10 heteroatoms. The minimum absolute atomic E-state index is 0.00674. The number of rotatable bonds is 6. The molecule has 0 spiro atoms. The quantitative estimate of drug-likeness (QED) is 0.722. The van der Waals surface area contributed by atoms with Crippen LogP contribution in [0.4, 0.5) is 0 Å². The van der Waals surface area contributed by atoms with Gasteiger partial charge in [-0.15, -0.1) is 14.9 Å². The van der Waals surface area contributed by atoms with E-state index in [0.29, 0.717) is 36.1 Å². The number of amides is 1. The summed E-state index contributed by atoms with van der Waals surface area (Å²) in [4.78, 5) is 12.5. The molecule has 2 N–H and O–H groups in total. The zero-order valence-corrected chi connectivity index (χ0v) is 15.1. The largest absolute Gasteiger partial charge is 0.598 e. The SMILES string of the molecule is C[S+](=O)([O-])NCc1nnc2n1C(C(=O)NCc1ccc(Cl)cc1)CC2. The lowest BCUT2D eigenvalue weighted by molar-refractivity contribution is -0.124. The van der Waals surface area contributed by atoms with Crippen molar-refractivity contribution in [3.63, 3.8) is 0 Å². The molecule has 25 heavy (non-hydrogen) atoms. The van der Waals surface area contributed by atoms with Gasteiger partial charge in [0.15, 0.2) is 5.82 Å². The average Bonchev–Trinajstić information content (AvgIpc) is 3.13. The number of benzene rings is 1. The Hall–Kier alpha value is -1.81. The minimum atomic E-state index is -3.35. The van der Waals surface area contributed by atoms with Crippen LogP contribution in [0.3, 0.4) is 0 Å². The number of hydrogen-bond donors (Lipinski definition) is 2. The summed E-state index contributed by atoms with van der Waals surface area (Å²) in [5.41, 5.74) is 0.943. The van der Waals surface area contributed by atoms with Crippen molar-refractivity contribution in [3.05, 3.63) is 46.5 Å². The van der Waals surface area contributed by atoms with Crippen molar-refractivity contribution in [1.82, 2.24) is 24.8 Å². The van der Waals surface area contributed by atoms with Gasteiger partial charge in [-0.1, -0.05) is 27.9 Å². The number of carbonyl (C=O) groups excluding carboxylic acids is 1. The number of aryl methyl sites for hydroxylation is 1. The first-order valence-electron chi connectivity index (χ1n) is 7.73. The van der Waals surface area contributed by atoms with Gasteiger partial charge in [-0.2, -0.15) is 0 Å². The van der Waals surface area contributed by atoms with E-state index in [2.05, 4.69) is 20.2 Å². The first-order valence-corrected chi connectivity index (χ1v) is 10.00. The van der Waals surface area contributed by atoms with Crippen molar-refractivity contribution >= 4 is 27.9 Å². The van der Waals surface area contributed by atoms with Gasteiger partial charge in [-0.3, -0.25) is 4.79 Å². The minimum Gasteiger partial charge on any atom is -0.598 e. The van der Waals surface area contributed by atoms with Crippen molar-refractivity contribution in [1.29, 1.82) is 0 Å². The maximum atomic E-state index is 12.5. The summed E-state index contributed by atoms with van der Waals surface area (Å²) in [5.74, 6) is 0.982. The van der Waals surface area contributed by atoms with E-state index in [1.165, 1.54) is 0 Å². The third kappa shape index (κ3) is 4.43. The highest BCUT2D eigenvalue weighted by Gasteiger charge is 2.32. The first kappa shape index (κ1) is 18.0. The van der Waals surface area contributed by atoms with Crippen molar-refractivity contribution in [2.75, 3.05) is 6.26 Å². The molecule has 3 rings (SSSR count). The maximum Gasteiger partial charge on any atom is 0.243 e. The third-order valence-electron chi connectivity index (χ3n) is 3.97. The fourth-order valence-corrected chi connectivity index (χ4v) is 3.28. The summed E-state index contributed by atoms with van der Waals surface area (Å²) >= 11 is 5.85. The normalized spacial score (nSPS) is 18.6. The molecule has 134 valence electrons. The van der Waals surface area contributed by atoms with Gasteiger partial charge in [0.05, 0.1) is 0 Å². The molecule has 1 amide bonds. The van der Waals surface area contributed by atoms with E-state index in [0.717, 1.165) is 11.8 Å². The number of carbonyl (C=O) groups is 1. The van der Waals surface area contributed by atoms with E-state index >= 15 is 0 Å². The summed E-state index contributed by atoms with van der Waals surface area (Å²) in [6.07, 6.45) is 2.32. The van der Waals surface area contributed by atoms with Crippen LogP contribution in [-0.4, -0.2) is 31.5 Å².